The highest BCUT2D eigenvalue weighted by molar-refractivity contribution is 6.95. The lowest BCUT2D eigenvalue weighted by Gasteiger charge is -2.42. The fourth-order valence-electron chi connectivity index (χ4n) is 19.2. The van der Waals surface area contributed by atoms with Crippen LogP contribution in [0.5, 0.6) is 0 Å². The summed E-state index contributed by atoms with van der Waals surface area (Å²) in [7, 11) is -4.15. The molecule has 2 heteroatoms. The number of allylic oxidation sites excluding steroid dienone is 6. The van der Waals surface area contributed by atoms with E-state index < -0.39 is 16.1 Å². The first-order valence-corrected chi connectivity index (χ1v) is 41.8. The molecule has 0 aliphatic heterocycles. The predicted octanol–water partition coefficient (Wildman–Crippen LogP) is 24.8. The van der Waals surface area contributed by atoms with Crippen molar-refractivity contribution in [1.29, 1.82) is 0 Å². The molecule has 0 N–H and O–H groups in total. The molecule has 0 radical (unpaired) electrons. The number of hydrogen-bond donors (Lipinski definition) is 0. The van der Waals surface area contributed by atoms with E-state index in [4.69, 9.17) is 0 Å². The van der Waals surface area contributed by atoms with Gasteiger partial charge < -0.3 is 0 Å². The van der Waals surface area contributed by atoms with Crippen LogP contribution in [0.15, 0.2) is 276 Å². The minimum atomic E-state index is -2.12. The van der Waals surface area contributed by atoms with E-state index >= 15 is 0 Å². The molecule has 0 heterocycles. The molecule has 6 atom stereocenters. The first kappa shape index (κ1) is 66.3. The lowest BCUT2D eigenvalue weighted by atomic mass is 9.83. The molecular weight excluding hydrogens is 1210 g/mol. The van der Waals surface area contributed by atoms with Crippen molar-refractivity contribution in [3.05, 3.63) is 354 Å². The first-order valence-electron chi connectivity index (χ1n) is 36.5. The zero-order chi connectivity index (χ0) is 68.0. The lowest BCUT2D eigenvalue weighted by Crippen LogP contribution is -2.55. The molecule has 0 saturated heterocycles. The maximum absolute atomic E-state index is 2.67. The molecule has 0 amide bonds. The van der Waals surface area contributed by atoms with Gasteiger partial charge in [-0.25, -0.2) is 0 Å². The number of benzene rings is 10. The van der Waals surface area contributed by atoms with Gasteiger partial charge in [-0.2, -0.15) is 0 Å². The minimum absolute atomic E-state index is 0.484. The maximum atomic E-state index is 2.67. The molecule has 0 nitrogen and oxygen atoms in total. The van der Waals surface area contributed by atoms with Crippen molar-refractivity contribution in [3.8, 4) is 22.3 Å². The number of hydrogen-bond acceptors (Lipinski definition) is 0. The van der Waals surface area contributed by atoms with E-state index in [2.05, 4.69) is 361 Å². The molecule has 0 bridgehead atoms. The van der Waals surface area contributed by atoms with Crippen molar-refractivity contribution in [2.45, 2.75) is 142 Å². The Morgan fingerprint density at radius 3 is 0.949 bits per heavy atom. The molecular formula is C96H98Si2. The second-order valence-electron chi connectivity index (χ2n) is 30.8. The van der Waals surface area contributed by atoms with Crippen LogP contribution in [0.25, 0.3) is 58.7 Å². The van der Waals surface area contributed by atoms with Crippen LogP contribution in [0.2, 0.25) is 13.1 Å². The highest BCUT2D eigenvalue weighted by Crippen LogP contribution is 2.55. The summed E-state index contributed by atoms with van der Waals surface area (Å²) < 4.78 is 0. The summed E-state index contributed by atoms with van der Waals surface area (Å²) >= 11 is 0. The van der Waals surface area contributed by atoms with Crippen LogP contribution in [0.3, 0.4) is 0 Å². The second-order valence-corrected chi connectivity index (χ2v) is 39.4. The van der Waals surface area contributed by atoms with Gasteiger partial charge in [0, 0.05) is 34.0 Å². The summed E-state index contributed by atoms with van der Waals surface area (Å²) in [4.78, 5) is 0. The Balaban J connectivity index is 0.000000127. The fraction of sp³-hybridized carbons (Fsp3) is 0.250. The van der Waals surface area contributed by atoms with Crippen LogP contribution in [0.1, 0.15) is 194 Å². The van der Waals surface area contributed by atoms with Crippen molar-refractivity contribution in [1.82, 2.24) is 0 Å². The third-order valence-corrected chi connectivity index (χ3v) is 34.2. The van der Waals surface area contributed by atoms with Crippen LogP contribution in [0.4, 0.5) is 0 Å². The molecule has 6 aliphatic rings. The molecule has 0 spiro atoms. The van der Waals surface area contributed by atoms with E-state index in [0.717, 1.165) is 12.8 Å². The summed E-state index contributed by atoms with van der Waals surface area (Å²) in [6, 6.07) is 90.9. The average Bonchev–Trinajstić information content (AvgIpc) is 1.54. The maximum Gasteiger partial charge on any atom is 0.106 e. The van der Waals surface area contributed by atoms with E-state index in [0.29, 0.717) is 45.8 Å². The van der Waals surface area contributed by atoms with Gasteiger partial charge in [0.15, 0.2) is 0 Å². The summed E-state index contributed by atoms with van der Waals surface area (Å²) in [5.74, 6) is 2.37. The number of fused-ring (bicyclic) bond motifs is 6. The normalized spacial score (nSPS) is 20.1. The minimum Gasteiger partial charge on any atom is -0.0675 e. The first-order chi connectivity index (χ1) is 47.5. The van der Waals surface area contributed by atoms with Crippen LogP contribution in [-0.2, 0) is 12.8 Å². The van der Waals surface area contributed by atoms with Gasteiger partial charge in [0.2, 0.25) is 0 Å². The predicted molar refractivity (Wildman–Crippen MR) is 430 cm³/mol. The van der Waals surface area contributed by atoms with Crippen LogP contribution < -0.4 is 10.4 Å². The number of rotatable bonds is 15. The molecule has 0 saturated carbocycles. The van der Waals surface area contributed by atoms with Crippen molar-refractivity contribution in [3.63, 3.8) is 0 Å². The third kappa shape index (κ3) is 12.4. The van der Waals surface area contributed by atoms with E-state index in [-0.39, 0.29) is 0 Å². The second kappa shape index (κ2) is 27.8. The Kier molecular flexibility index (Phi) is 18.8. The highest BCUT2D eigenvalue weighted by atomic mass is 28.3. The van der Waals surface area contributed by atoms with Gasteiger partial charge in [0.25, 0.3) is 0 Å². The Hall–Kier alpha value is -8.93. The monoisotopic (exact) mass is 1310 g/mol. The quantitative estimate of drug-likeness (QED) is 0.0898. The van der Waals surface area contributed by atoms with Crippen LogP contribution in [-0.4, -0.2) is 16.1 Å². The van der Waals surface area contributed by atoms with E-state index in [1.807, 2.05) is 0 Å². The van der Waals surface area contributed by atoms with E-state index in [1.54, 1.807) is 32.6 Å². The summed E-state index contributed by atoms with van der Waals surface area (Å²) in [6.07, 6.45) is 19.4. The Morgan fingerprint density at radius 1 is 0.286 bits per heavy atom. The lowest BCUT2D eigenvalue weighted by molar-refractivity contribution is 0.611. The van der Waals surface area contributed by atoms with Gasteiger partial charge >= 0.3 is 0 Å². The van der Waals surface area contributed by atoms with Gasteiger partial charge in [0.05, 0.1) is 0 Å². The zero-order valence-electron chi connectivity index (χ0n) is 60.0. The SMILES string of the molecule is CC1=Cc2c(-c3ccccc3)cccc2C1CCC1C(C)=Cc2c(-c3ccccc3)cccc21.CC1=Cc2cc(CC(C)C)ccc2C1[Si](C)(c1ccccc1)C1C(C)=Cc2cc(CC(C)C)ccc21.CC1=Cc2ccccc2C1[Si](C)(c1ccccc1)C1C(C)=Cc2ccccc21. The molecule has 490 valence electrons. The standard InChI is InChI=1S/C35H42Si.C34H30.C27H26Si/c1-23(2)17-27-13-15-32-29(21-27)19-25(5)34(32)36(7,31-11-9-8-10-12-31)35-26(6)20-30-22-28(18-24(3)4)14-16-33(30)35;1-23-21-33-29(25-11-5-3-6-12-25)15-9-17-31(33)27(23)19-20-28-24(2)22-34-30(16-10-18-32(28)34)26-13-7-4-8-14-26;1-19-17-21-11-7-9-15-24(21)26(19)28(3,23-13-5-4-6-14-23)27-20(2)18-22-12-8-10-16-25(22)27/h8-16,19-24,34-35H,17-18H2,1-7H3;3-18,21-22,27-28H,19-20H2,1-2H3;4-18,26-27H,1-3H3. The van der Waals surface area contributed by atoms with Crippen LogP contribution >= 0.6 is 0 Å². The summed E-state index contributed by atoms with van der Waals surface area (Å²) in [5, 5.41) is 3.12. The summed E-state index contributed by atoms with van der Waals surface area (Å²) in [6.45, 7) is 28.7. The van der Waals surface area contributed by atoms with Gasteiger partial charge in [-0.3, -0.25) is 0 Å². The smallest absolute Gasteiger partial charge is 0.0675 e. The Morgan fingerprint density at radius 2 is 0.592 bits per heavy atom. The largest absolute Gasteiger partial charge is 0.106 e. The van der Waals surface area contributed by atoms with Gasteiger partial charge in [-0.05, 0) is 179 Å². The van der Waals surface area contributed by atoms with Crippen molar-refractivity contribution in [2.24, 2.45) is 11.8 Å². The fourth-order valence-corrected chi connectivity index (χ4v) is 30.8. The van der Waals surface area contributed by atoms with Gasteiger partial charge in [-0.1, -0.05) is 364 Å². The van der Waals surface area contributed by atoms with Gasteiger partial charge in [-0.15, -0.1) is 0 Å². The highest BCUT2D eigenvalue weighted by Gasteiger charge is 2.53. The molecule has 98 heavy (non-hydrogen) atoms. The van der Waals surface area contributed by atoms with Crippen molar-refractivity contribution < 1.29 is 0 Å². The molecule has 0 fully saturated rings. The van der Waals surface area contributed by atoms with Crippen molar-refractivity contribution >= 4 is 63.0 Å². The van der Waals surface area contributed by atoms with Crippen molar-refractivity contribution in [2.75, 3.05) is 0 Å². The van der Waals surface area contributed by atoms with Crippen LogP contribution in [0, 0.1) is 11.8 Å². The third-order valence-electron chi connectivity index (χ3n) is 23.2. The topological polar surface area (TPSA) is 0 Å². The molecule has 10 aromatic rings. The molecule has 6 aliphatic carbocycles. The van der Waals surface area contributed by atoms with E-state index in [9.17, 15) is 0 Å². The zero-order valence-corrected chi connectivity index (χ0v) is 62.0. The molecule has 6 unspecified atom stereocenters. The Bertz CT molecular complexity index is 4540. The summed E-state index contributed by atoms with van der Waals surface area (Å²) in [5.41, 5.74) is 37.1. The van der Waals surface area contributed by atoms with Gasteiger partial charge in [0.1, 0.15) is 16.1 Å². The molecule has 0 aromatic heterocycles. The average molecular weight is 1310 g/mol. The molecule has 16 rings (SSSR count). The van der Waals surface area contributed by atoms with E-state index in [1.165, 1.54) is 124 Å². The Labute approximate surface area is 589 Å². The molecule has 10 aromatic carbocycles.